The van der Waals surface area contributed by atoms with E-state index in [0.717, 1.165) is 5.01 Å². The van der Waals surface area contributed by atoms with Crippen molar-refractivity contribution in [2.45, 2.75) is 13.0 Å². The van der Waals surface area contributed by atoms with Crippen LogP contribution >= 0.6 is 27.3 Å². The normalized spacial score (nSPS) is 12.4. The topological polar surface area (TPSA) is 81.0 Å². The molecule has 2 rings (SSSR count). The summed E-state index contributed by atoms with van der Waals surface area (Å²) >= 11 is 4.69. The van der Waals surface area contributed by atoms with Crippen LogP contribution in [0.5, 0.6) is 0 Å². The minimum absolute atomic E-state index is 0.0304. The van der Waals surface area contributed by atoms with Crippen LogP contribution in [0.4, 0.5) is 5.69 Å². The molecule has 1 atom stereocenters. The molecule has 0 aliphatic carbocycles. The van der Waals surface area contributed by atoms with Gasteiger partial charge in [-0.1, -0.05) is 27.3 Å². The van der Waals surface area contributed by atoms with Crippen LogP contribution in [-0.2, 0) is 0 Å². The van der Waals surface area contributed by atoms with Crippen LogP contribution in [-0.4, -0.2) is 22.2 Å². The van der Waals surface area contributed by atoms with Crippen molar-refractivity contribution in [3.63, 3.8) is 0 Å². The maximum absolute atomic E-state index is 10.8. The highest BCUT2D eigenvalue weighted by Gasteiger charge is 2.15. The Kier molecular flexibility index (Phi) is 4.23. The predicted octanol–water partition coefficient (Wildman–Crippen LogP) is 3.16. The fourth-order valence-electron chi connectivity index (χ4n) is 1.45. The SMILES string of the molecule is CNC(C)c1nnc(-c2cc(Br)cc([N+](=O)[O-])c2)s1. The Hall–Kier alpha value is -1.38. The summed E-state index contributed by atoms with van der Waals surface area (Å²) in [6, 6.07) is 4.86. The van der Waals surface area contributed by atoms with Crippen LogP contribution in [0.15, 0.2) is 22.7 Å². The van der Waals surface area contributed by atoms with E-state index >= 15 is 0 Å². The number of hydrogen-bond donors (Lipinski definition) is 1. The number of non-ortho nitro benzene ring substituents is 1. The van der Waals surface area contributed by atoms with Gasteiger partial charge in [0.25, 0.3) is 5.69 Å². The number of nitro benzene ring substituents is 1. The molecule has 6 nitrogen and oxygen atoms in total. The lowest BCUT2D eigenvalue weighted by Gasteiger charge is -2.03. The van der Waals surface area contributed by atoms with Gasteiger partial charge in [-0.3, -0.25) is 10.1 Å². The molecule has 0 saturated heterocycles. The molecule has 100 valence electrons. The van der Waals surface area contributed by atoms with E-state index in [0.29, 0.717) is 15.0 Å². The van der Waals surface area contributed by atoms with E-state index < -0.39 is 4.92 Å². The van der Waals surface area contributed by atoms with Gasteiger partial charge < -0.3 is 5.32 Å². The smallest absolute Gasteiger partial charge is 0.271 e. The zero-order valence-electron chi connectivity index (χ0n) is 10.3. The molecule has 1 aromatic carbocycles. The molecule has 19 heavy (non-hydrogen) atoms. The van der Waals surface area contributed by atoms with Gasteiger partial charge in [0.1, 0.15) is 10.0 Å². The lowest BCUT2D eigenvalue weighted by atomic mass is 10.2. The van der Waals surface area contributed by atoms with Crippen molar-refractivity contribution < 1.29 is 4.92 Å². The van der Waals surface area contributed by atoms with Crippen molar-refractivity contribution in [2.24, 2.45) is 0 Å². The van der Waals surface area contributed by atoms with Gasteiger partial charge in [-0.2, -0.15) is 0 Å². The summed E-state index contributed by atoms with van der Waals surface area (Å²) < 4.78 is 0.648. The number of halogens is 1. The molecule has 0 bridgehead atoms. The Labute approximate surface area is 122 Å². The van der Waals surface area contributed by atoms with Gasteiger partial charge in [0.05, 0.1) is 11.0 Å². The molecule has 1 aromatic heterocycles. The highest BCUT2D eigenvalue weighted by molar-refractivity contribution is 9.10. The summed E-state index contributed by atoms with van der Waals surface area (Å²) in [6.07, 6.45) is 0. The maximum atomic E-state index is 10.8. The van der Waals surface area contributed by atoms with Gasteiger partial charge in [0.2, 0.25) is 0 Å². The summed E-state index contributed by atoms with van der Waals surface area (Å²) in [7, 11) is 1.84. The highest BCUT2D eigenvalue weighted by Crippen LogP contribution is 2.31. The molecule has 0 amide bonds. The van der Waals surface area contributed by atoms with Crippen LogP contribution in [0, 0.1) is 10.1 Å². The molecule has 0 aliphatic rings. The standard InChI is InChI=1S/C11H11BrN4O2S/c1-6(13-2)10-14-15-11(19-10)7-3-8(12)5-9(4-7)16(17)18/h3-6,13H,1-2H3. The maximum Gasteiger partial charge on any atom is 0.271 e. The van der Waals surface area contributed by atoms with Crippen molar-refractivity contribution in [2.75, 3.05) is 7.05 Å². The first kappa shape index (κ1) is 14.0. The van der Waals surface area contributed by atoms with Crippen LogP contribution in [0.25, 0.3) is 10.6 Å². The second kappa shape index (κ2) is 5.72. The monoisotopic (exact) mass is 342 g/mol. The van der Waals surface area contributed by atoms with E-state index in [4.69, 9.17) is 0 Å². The molecule has 1 unspecified atom stereocenters. The van der Waals surface area contributed by atoms with E-state index in [1.54, 1.807) is 6.07 Å². The van der Waals surface area contributed by atoms with Gasteiger partial charge in [-0.15, -0.1) is 10.2 Å². The molecule has 1 N–H and O–H groups in total. The molecule has 0 spiro atoms. The van der Waals surface area contributed by atoms with E-state index in [2.05, 4.69) is 31.4 Å². The summed E-state index contributed by atoms with van der Waals surface area (Å²) in [6.45, 7) is 1.98. The van der Waals surface area contributed by atoms with E-state index in [1.165, 1.54) is 23.5 Å². The Balaban J connectivity index is 2.41. The zero-order valence-corrected chi connectivity index (χ0v) is 12.7. The third kappa shape index (κ3) is 3.14. The van der Waals surface area contributed by atoms with Crippen molar-refractivity contribution in [1.82, 2.24) is 15.5 Å². The fourth-order valence-corrected chi connectivity index (χ4v) is 2.83. The average molecular weight is 343 g/mol. The number of nitrogens with one attached hydrogen (secondary N) is 1. The lowest BCUT2D eigenvalue weighted by Crippen LogP contribution is -2.11. The van der Waals surface area contributed by atoms with Crippen LogP contribution < -0.4 is 5.32 Å². The number of benzene rings is 1. The lowest BCUT2D eigenvalue weighted by molar-refractivity contribution is -0.384. The second-order valence-electron chi connectivity index (χ2n) is 3.91. The van der Waals surface area contributed by atoms with E-state index in [9.17, 15) is 10.1 Å². The van der Waals surface area contributed by atoms with Crippen molar-refractivity contribution in [3.05, 3.63) is 37.8 Å². The third-order valence-electron chi connectivity index (χ3n) is 2.58. The largest absolute Gasteiger partial charge is 0.311 e. The van der Waals surface area contributed by atoms with Crippen molar-refractivity contribution >= 4 is 33.0 Å². The average Bonchev–Trinajstić information content (AvgIpc) is 2.86. The Morgan fingerprint density at radius 2 is 2.16 bits per heavy atom. The Morgan fingerprint density at radius 3 is 2.79 bits per heavy atom. The minimum Gasteiger partial charge on any atom is -0.311 e. The number of hydrogen-bond acceptors (Lipinski definition) is 6. The molecule has 2 aromatic rings. The molecular weight excluding hydrogens is 332 g/mol. The second-order valence-corrected chi connectivity index (χ2v) is 5.84. The summed E-state index contributed by atoms with van der Waals surface area (Å²) in [5.74, 6) is 0. The van der Waals surface area contributed by atoms with Gasteiger partial charge in [0, 0.05) is 22.2 Å². The third-order valence-corrected chi connectivity index (χ3v) is 4.20. The van der Waals surface area contributed by atoms with Crippen LogP contribution in [0.3, 0.4) is 0 Å². The molecule has 8 heteroatoms. The first-order valence-electron chi connectivity index (χ1n) is 5.47. The van der Waals surface area contributed by atoms with Gasteiger partial charge in [-0.25, -0.2) is 0 Å². The number of nitrogens with zero attached hydrogens (tertiary/aromatic N) is 3. The quantitative estimate of drug-likeness (QED) is 0.681. The van der Waals surface area contributed by atoms with Crippen LogP contribution in [0.1, 0.15) is 18.0 Å². The molecule has 0 fully saturated rings. The summed E-state index contributed by atoms with van der Waals surface area (Å²) in [5, 5.41) is 23.6. The van der Waals surface area contributed by atoms with Gasteiger partial charge >= 0.3 is 0 Å². The van der Waals surface area contributed by atoms with Gasteiger partial charge in [0.15, 0.2) is 0 Å². The molecule has 0 saturated carbocycles. The minimum atomic E-state index is -0.424. The Morgan fingerprint density at radius 1 is 1.42 bits per heavy atom. The molecule has 1 heterocycles. The number of nitro groups is 1. The van der Waals surface area contributed by atoms with Gasteiger partial charge in [-0.05, 0) is 20.0 Å². The fraction of sp³-hybridized carbons (Fsp3) is 0.273. The first-order valence-corrected chi connectivity index (χ1v) is 7.08. The van der Waals surface area contributed by atoms with E-state index in [1.807, 2.05) is 14.0 Å². The molecular formula is C11H11BrN4O2S. The summed E-state index contributed by atoms with van der Waals surface area (Å²) in [4.78, 5) is 10.4. The zero-order chi connectivity index (χ0) is 14.0. The van der Waals surface area contributed by atoms with Crippen molar-refractivity contribution in [3.8, 4) is 10.6 Å². The predicted molar refractivity (Wildman–Crippen MR) is 77.2 cm³/mol. The van der Waals surface area contributed by atoms with Crippen molar-refractivity contribution in [1.29, 1.82) is 0 Å². The summed E-state index contributed by atoms with van der Waals surface area (Å²) in [5.41, 5.74) is 0.718. The number of rotatable bonds is 4. The molecule has 0 radical (unpaired) electrons. The first-order chi connectivity index (χ1) is 9.01. The highest BCUT2D eigenvalue weighted by atomic mass is 79.9. The number of aromatic nitrogens is 2. The molecule has 0 aliphatic heterocycles. The van der Waals surface area contributed by atoms with Crippen LogP contribution in [0.2, 0.25) is 0 Å². The Bertz CT molecular complexity index is 616. The van der Waals surface area contributed by atoms with E-state index in [-0.39, 0.29) is 11.7 Å².